The number of hydrogen-bond acceptors (Lipinski definition) is 3. The van der Waals surface area contributed by atoms with Gasteiger partial charge in [-0.05, 0) is 24.9 Å². The van der Waals surface area contributed by atoms with Crippen molar-refractivity contribution in [3.63, 3.8) is 0 Å². The number of carboxylic acid groups (broad SMARTS) is 1. The number of aliphatic carboxylic acids is 1. The van der Waals surface area contributed by atoms with Crippen molar-refractivity contribution in [3.05, 3.63) is 35.9 Å². The Morgan fingerprint density at radius 3 is 2.80 bits per heavy atom. The van der Waals surface area contributed by atoms with Crippen molar-refractivity contribution in [2.45, 2.75) is 32.4 Å². The minimum atomic E-state index is -0.722. The Morgan fingerprint density at radius 2 is 2.15 bits per heavy atom. The number of benzene rings is 1. The highest BCUT2D eigenvalue weighted by atomic mass is 16.4. The van der Waals surface area contributed by atoms with Crippen molar-refractivity contribution < 1.29 is 9.90 Å². The largest absolute Gasteiger partial charge is 0.480 e. The molecule has 1 unspecified atom stereocenters. The van der Waals surface area contributed by atoms with Crippen LogP contribution in [0, 0.1) is 0 Å². The van der Waals surface area contributed by atoms with Gasteiger partial charge in [-0.2, -0.15) is 0 Å². The molecule has 0 aromatic heterocycles. The third-order valence-corrected chi connectivity index (χ3v) is 3.86. The zero-order valence-electron chi connectivity index (χ0n) is 12.2. The van der Waals surface area contributed by atoms with E-state index in [-0.39, 0.29) is 6.54 Å². The first kappa shape index (κ1) is 15.0. The molecule has 0 spiro atoms. The van der Waals surface area contributed by atoms with Crippen LogP contribution < -0.4 is 0 Å². The molecular formula is C16H24N2O2. The van der Waals surface area contributed by atoms with Crippen LogP contribution in [0.2, 0.25) is 0 Å². The highest BCUT2D eigenvalue weighted by Crippen LogP contribution is 2.18. The van der Waals surface area contributed by atoms with Crippen molar-refractivity contribution in [1.82, 2.24) is 9.80 Å². The van der Waals surface area contributed by atoms with Crippen LogP contribution in [0.3, 0.4) is 0 Å². The lowest BCUT2D eigenvalue weighted by Crippen LogP contribution is -2.41. The first-order valence-corrected chi connectivity index (χ1v) is 7.41. The molecule has 1 aromatic carbocycles. The molecule has 0 amide bonds. The molecule has 1 aliphatic rings. The average Bonchev–Trinajstić information content (AvgIpc) is 2.87. The maximum atomic E-state index is 11.0. The molecule has 1 fully saturated rings. The summed E-state index contributed by atoms with van der Waals surface area (Å²) >= 11 is 0. The molecule has 110 valence electrons. The van der Waals surface area contributed by atoms with E-state index in [2.05, 4.69) is 41.0 Å². The molecule has 20 heavy (non-hydrogen) atoms. The highest BCUT2D eigenvalue weighted by molar-refractivity contribution is 5.69. The predicted octanol–water partition coefficient (Wildman–Crippen LogP) is 2.06. The molecule has 0 saturated carbocycles. The third kappa shape index (κ3) is 4.32. The summed E-state index contributed by atoms with van der Waals surface area (Å²) in [7, 11) is 0. The SMILES string of the molecule is CCCN(CC(=O)O)C1CCN(Cc2ccccc2)C1. The molecule has 1 atom stereocenters. The van der Waals surface area contributed by atoms with Crippen LogP contribution in [-0.2, 0) is 11.3 Å². The lowest BCUT2D eigenvalue weighted by atomic mass is 10.2. The normalized spacial score (nSPS) is 19.6. The van der Waals surface area contributed by atoms with Crippen LogP contribution >= 0.6 is 0 Å². The Balaban J connectivity index is 1.88. The second-order valence-electron chi connectivity index (χ2n) is 5.53. The summed E-state index contributed by atoms with van der Waals surface area (Å²) in [6, 6.07) is 10.8. The van der Waals surface area contributed by atoms with E-state index in [4.69, 9.17) is 5.11 Å². The van der Waals surface area contributed by atoms with E-state index >= 15 is 0 Å². The molecule has 4 nitrogen and oxygen atoms in total. The van der Waals surface area contributed by atoms with Gasteiger partial charge in [0, 0.05) is 25.7 Å². The topological polar surface area (TPSA) is 43.8 Å². The summed E-state index contributed by atoms with van der Waals surface area (Å²) in [6.45, 7) is 6.13. The summed E-state index contributed by atoms with van der Waals surface area (Å²) < 4.78 is 0. The number of rotatable bonds is 7. The van der Waals surface area contributed by atoms with Gasteiger partial charge in [0.15, 0.2) is 0 Å². The molecule has 0 aliphatic carbocycles. The lowest BCUT2D eigenvalue weighted by molar-refractivity contribution is -0.138. The minimum Gasteiger partial charge on any atom is -0.480 e. The van der Waals surface area contributed by atoms with Crippen molar-refractivity contribution in [3.8, 4) is 0 Å². The van der Waals surface area contributed by atoms with Crippen molar-refractivity contribution in [1.29, 1.82) is 0 Å². The zero-order valence-corrected chi connectivity index (χ0v) is 12.2. The van der Waals surface area contributed by atoms with E-state index in [0.29, 0.717) is 6.04 Å². The number of likely N-dealkylation sites (tertiary alicyclic amines) is 1. The smallest absolute Gasteiger partial charge is 0.317 e. The first-order chi connectivity index (χ1) is 9.69. The molecule has 1 aromatic rings. The van der Waals surface area contributed by atoms with Crippen LogP contribution in [0.1, 0.15) is 25.3 Å². The van der Waals surface area contributed by atoms with Crippen LogP contribution in [0.4, 0.5) is 0 Å². The van der Waals surface area contributed by atoms with Gasteiger partial charge < -0.3 is 5.11 Å². The van der Waals surface area contributed by atoms with Crippen LogP contribution in [0.5, 0.6) is 0 Å². The Bertz CT molecular complexity index is 422. The second kappa shape index (κ2) is 7.41. The second-order valence-corrected chi connectivity index (χ2v) is 5.53. The standard InChI is InChI=1S/C16H24N2O2/c1-2-9-18(13-16(19)20)15-8-10-17(12-15)11-14-6-4-3-5-7-14/h3-7,15H,2,8-13H2,1H3,(H,19,20). The van der Waals surface area contributed by atoms with Gasteiger partial charge in [-0.1, -0.05) is 37.3 Å². The highest BCUT2D eigenvalue weighted by Gasteiger charge is 2.28. The Labute approximate surface area is 121 Å². The van der Waals surface area contributed by atoms with Gasteiger partial charge in [-0.3, -0.25) is 14.6 Å². The van der Waals surface area contributed by atoms with Gasteiger partial charge in [-0.25, -0.2) is 0 Å². The average molecular weight is 276 g/mol. The Kier molecular flexibility index (Phi) is 5.56. The van der Waals surface area contributed by atoms with Crippen LogP contribution in [-0.4, -0.2) is 53.1 Å². The molecule has 1 N–H and O–H groups in total. The van der Waals surface area contributed by atoms with Gasteiger partial charge in [0.1, 0.15) is 0 Å². The fourth-order valence-electron chi connectivity index (χ4n) is 2.95. The summed E-state index contributed by atoms with van der Waals surface area (Å²) in [6.07, 6.45) is 2.07. The molecule has 1 saturated heterocycles. The van der Waals surface area contributed by atoms with E-state index in [1.807, 2.05) is 6.07 Å². The summed E-state index contributed by atoms with van der Waals surface area (Å²) in [5, 5.41) is 9.02. The quantitative estimate of drug-likeness (QED) is 0.828. The van der Waals surface area contributed by atoms with Gasteiger partial charge in [-0.15, -0.1) is 0 Å². The van der Waals surface area contributed by atoms with Gasteiger partial charge in [0.2, 0.25) is 0 Å². The summed E-state index contributed by atoms with van der Waals surface area (Å²) in [5.41, 5.74) is 1.33. The number of carboxylic acids is 1. The maximum Gasteiger partial charge on any atom is 0.317 e. The predicted molar refractivity (Wildman–Crippen MR) is 79.6 cm³/mol. The summed E-state index contributed by atoms with van der Waals surface area (Å²) in [4.78, 5) is 15.5. The molecule has 4 heteroatoms. The molecule has 1 aliphatic heterocycles. The fraction of sp³-hybridized carbons (Fsp3) is 0.562. The lowest BCUT2D eigenvalue weighted by Gasteiger charge is -2.27. The third-order valence-electron chi connectivity index (χ3n) is 3.86. The van der Waals surface area contributed by atoms with E-state index < -0.39 is 5.97 Å². The fourth-order valence-corrected chi connectivity index (χ4v) is 2.95. The van der Waals surface area contributed by atoms with Gasteiger partial charge in [0.25, 0.3) is 0 Å². The molecule has 0 radical (unpaired) electrons. The van der Waals surface area contributed by atoms with E-state index in [9.17, 15) is 4.79 Å². The number of nitrogens with zero attached hydrogens (tertiary/aromatic N) is 2. The zero-order chi connectivity index (χ0) is 14.4. The first-order valence-electron chi connectivity index (χ1n) is 7.41. The summed E-state index contributed by atoms with van der Waals surface area (Å²) in [5.74, 6) is -0.722. The van der Waals surface area contributed by atoms with E-state index in [0.717, 1.165) is 39.0 Å². The monoisotopic (exact) mass is 276 g/mol. The molecule has 2 rings (SSSR count). The Morgan fingerprint density at radius 1 is 1.40 bits per heavy atom. The number of carbonyl (C=O) groups is 1. The van der Waals surface area contributed by atoms with Crippen molar-refractivity contribution in [2.24, 2.45) is 0 Å². The van der Waals surface area contributed by atoms with Gasteiger partial charge in [0.05, 0.1) is 6.54 Å². The van der Waals surface area contributed by atoms with Crippen LogP contribution in [0.25, 0.3) is 0 Å². The van der Waals surface area contributed by atoms with Crippen LogP contribution in [0.15, 0.2) is 30.3 Å². The van der Waals surface area contributed by atoms with Gasteiger partial charge >= 0.3 is 5.97 Å². The minimum absolute atomic E-state index is 0.164. The van der Waals surface area contributed by atoms with Crippen molar-refractivity contribution in [2.75, 3.05) is 26.2 Å². The molecule has 1 heterocycles. The Hall–Kier alpha value is -1.39. The number of hydrogen-bond donors (Lipinski definition) is 1. The molecule has 0 bridgehead atoms. The van der Waals surface area contributed by atoms with Crippen molar-refractivity contribution >= 4 is 5.97 Å². The van der Waals surface area contributed by atoms with E-state index in [1.165, 1.54) is 5.56 Å². The maximum absolute atomic E-state index is 11.0. The van der Waals surface area contributed by atoms with E-state index in [1.54, 1.807) is 0 Å². The molecular weight excluding hydrogens is 252 g/mol.